The first-order valence-corrected chi connectivity index (χ1v) is 9.45. The van der Waals surface area contributed by atoms with Gasteiger partial charge in [-0.05, 0) is 30.7 Å². The molecule has 4 aromatic rings. The lowest BCUT2D eigenvalue weighted by molar-refractivity contribution is 0.0945. The van der Waals surface area contributed by atoms with E-state index >= 15 is 0 Å². The molecule has 132 valence electrons. The van der Waals surface area contributed by atoms with Gasteiger partial charge in [-0.1, -0.05) is 0 Å². The third-order valence-electron chi connectivity index (χ3n) is 4.87. The van der Waals surface area contributed by atoms with Crippen LogP contribution < -0.4 is 0 Å². The molecule has 5 rings (SSSR count). The molecule has 0 bridgehead atoms. The van der Waals surface area contributed by atoms with E-state index in [9.17, 15) is 5.11 Å². The van der Waals surface area contributed by atoms with Crippen molar-refractivity contribution < 1.29 is 9.84 Å². The molecular weight excluding hydrogens is 348 g/mol. The van der Waals surface area contributed by atoms with Crippen LogP contribution in [0.4, 0.5) is 0 Å². The highest BCUT2D eigenvalue weighted by Crippen LogP contribution is 2.36. The van der Waals surface area contributed by atoms with Gasteiger partial charge < -0.3 is 9.84 Å². The minimum atomic E-state index is -0.478. The Hall–Kier alpha value is -2.35. The maximum atomic E-state index is 10.6. The topological polar surface area (TPSA) is 73.1 Å². The van der Waals surface area contributed by atoms with E-state index in [0.29, 0.717) is 6.61 Å². The van der Waals surface area contributed by atoms with Crippen LogP contribution in [0.2, 0.25) is 0 Å². The Bertz CT molecular complexity index is 1100. The van der Waals surface area contributed by atoms with Gasteiger partial charge in [0.1, 0.15) is 4.83 Å². The van der Waals surface area contributed by atoms with Gasteiger partial charge in [0.15, 0.2) is 5.65 Å². The number of ether oxygens (including phenoxy) is 1. The van der Waals surface area contributed by atoms with Gasteiger partial charge in [-0.3, -0.25) is 4.68 Å². The number of fused-ring (bicyclic) bond motifs is 2. The number of aliphatic hydroxyl groups excluding tert-OH is 1. The Morgan fingerprint density at radius 3 is 3.08 bits per heavy atom. The van der Waals surface area contributed by atoms with Crippen LogP contribution in [0.15, 0.2) is 36.7 Å². The van der Waals surface area contributed by atoms with E-state index in [1.165, 1.54) is 0 Å². The molecule has 0 unspecified atom stereocenters. The zero-order valence-electron chi connectivity index (χ0n) is 14.3. The minimum absolute atomic E-state index is 0.180. The number of thiophene rings is 1. The van der Waals surface area contributed by atoms with Crippen LogP contribution in [0.3, 0.4) is 0 Å². The highest BCUT2D eigenvalue weighted by atomic mass is 32.1. The fourth-order valence-corrected chi connectivity index (χ4v) is 4.56. The SMILES string of the molecule is Cn1cc2cc(-c3ccc4cc([C@@H](O)[C@@H]5CCOC5)sc4n3)cnc2n1. The summed E-state index contributed by atoms with van der Waals surface area (Å²) in [7, 11) is 1.89. The fourth-order valence-electron chi connectivity index (χ4n) is 3.45. The normalized spacial score (nSPS) is 18.8. The molecule has 0 saturated carbocycles. The van der Waals surface area contributed by atoms with Crippen LogP contribution in [0.25, 0.3) is 32.5 Å². The summed E-state index contributed by atoms with van der Waals surface area (Å²) in [6, 6.07) is 8.16. The molecule has 0 amide bonds. The van der Waals surface area contributed by atoms with Crippen LogP contribution in [0, 0.1) is 5.92 Å². The summed E-state index contributed by atoms with van der Waals surface area (Å²) in [5, 5.41) is 17.0. The standard InChI is InChI=1S/C19H18N4O2S/c1-23-9-14-6-13(8-20-18(14)22-23)15-3-2-11-7-16(26-19(11)21-15)17(24)12-4-5-25-10-12/h2-3,6-9,12,17,24H,4-5,10H2,1H3/t12-,17+/m1/s1. The van der Waals surface area contributed by atoms with Crippen molar-refractivity contribution in [2.45, 2.75) is 12.5 Å². The molecule has 1 fully saturated rings. The van der Waals surface area contributed by atoms with Gasteiger partial charge >= 0.3 is 0 Å². The van der Waals surface area contributed by atoms with Crippen LogP contribution >= 0.6 is 11.3 Å². The lowest BCUT2D eigenvalue weighted by Gasteiger charge is -2.13. The van der Waals surface area contributed by atoms with E-state index < -0.39 is 6.10 Å². The van der Waals surface area contributed by atoms with E-state index in [1.807, 2.05) is 31.6 Å². The Balaban J connectivity index is 1.52. The quantitative estimate of drug-likeness (QED) is 0.602. The minimum Gasteiger partial charge on any atom is -0.387 e. The first-order valence-electron chi connectivity index (χ1n) is 8.63. The van der Waals surface area contributed by atoms with Gasteiger partial charge in [0, 0.05) is 53.2 Å². The van der Waals surface area contributed by atoms with E-state index in [1.54, 1.807) is 16.0 Å². The van der Waals surface area contributed by atoms with Gasteiger partial charge in [-0.15, -0.1) is 11.3 Å². The van der Waals surface area contributed by atoms with Crippen molar-refractivity contribution in [3.63, 3.8) is 0 Å². The third-order valence-corrected chi connectivity index (χ3v) is 5.99. The van der Waals surface area contributed by atoms with Crippen molar-refractivity contribution in [2.75, 3.05) is 13.2 Å². The lowest BCUT2D eigenvalue weighted by atomic mass is 10.0. The molecule has 2 atom stereocenters. The summed E-state index contributed by atoms with van der Waals surface area (Å²) in [6.07, 6.45) is 4.19. The van der Waals surface area contributed by atoms with Crippen molar-refractivity contribution in [1.29, 1.82) is 0 Å². The van der Waals surface area contributed by atoms with Gasteiger partial charge in [-0.2, -0.15) is 5.10 Å². The first kappa shape index (κ1) is 15.9. The summed E-state index contributed by atoms with van der Waals surface area (Å²) in [4.78, 5) is 11.1. The highest BCUT2D eigenvalue weighted by molar-refractivity contribution is 7.18. The summed E-state index contributed by atoms with van der Waals surface area (Å²) >= 11 is 1.56. The highest BCUT2D eigenvalue weighted by Gasteiger charge is 2.26. The Morgan fingerprint density at radius 1 is 1.31 bits per heavy atom. The zero-order valence-corrected chi connectivity index (χ0v) is 15.1. The molecule has 0 aromatic carbocycles. The number of hydrogen-bond donors (Lipinski definition) is 1. The monoisotopic (exact) mass is 366 g/mol. The molecule has 7 heteroatoms. The van der Waals surface area contributed by atoms with Crippen molar-refractivity contribution >= 4 is 32.6 Å². The van der Waals surface area contributed by atoms with Crippen molar-refractivity contribution in [1.82, 2.24) is 19.7 Å². The van der Waals surface area contributed by atoms with Crippen LogP contribution in [-0.4, -0.2) is 38.1 Å². The molecular formula is C19H18N4O2S. The van der Waals surface area contributed by atoms with Crippen molar-refractivity contribution in [3.8, 4) is 11.3 Å². The molecule has 26 heavy (non-hydrogen) atoms. The fraction of sp³-hybridized carbons (Fsp3) is 0.316. The lowest BCUT2D eigenvalue weighted by Crippen LogP contribution is -2.10. The maximum Gasteiger partial charge on any atom is 0.181 e. The molecule has 1 N–H and O–H groups in total. The molecule has 0 spiro atoms. The van der Waals surface area contributed by atoms with E-state index in [4.69, 9.17) is 9.72 Å². The number of aryl methyl sites for hydroxylation is 1. The van der Waals surface area contributed by atoms with E-state index in [-0.39, 0.29) is 5.92 Å². The Kier molecular flexibility index (Phi) is 3.74. The molecule has 4 aromatic heterocycles. The largest absolute Gasteiger partial charge is 0.387 e. The van der Waals surface area contributed by atoms with Crippen molar-refractivity contribution in [3.05, 3.63) is 41.5 Å². The van der Waals surface area contributed by atoms with Gasteiger partial charge in [-0.25, -0.2) is 9.97 Å². The average molecular weight is 366 g/mol. The second kappa shape index (κ2) is 6.12. The molecule has 0 radical (unpaired) electrons. The van der Waals surface area contributed by atoms with Crippen LogP contribution in [0.1, 0.15) is 17.4 Å². The van der Waals surface area contributed by atoms with Gasteiger partial charge in [0.05, 0.1) is 18.4 Å². The summed E-state index contributed by atoms with van der Waals surface area (Å²) < 4.78 is 7.16. The summed E-state index contributed by atoms with van der Waals surface area (Å²) in [6.45, 7) is 1.36. The molecule has 6 nitrogen and oxygen atoms in total. The summed E-state index contributed by atoms with van der Waals surface area (Å²) in [5.74, 6) is 0.180. The second-order valence-electron chi connectivity index (χ2n) is 6.75. The average Bonchev–Trinajstić information content (AvgIpc) is 3.37. The number of hydrogen-bond acceptors (Lipinski definition) is 6. The molecule has 5 heterocycles. The molecule has 1 saturated heterocycles. The predicted octanol–water partition coefficient (Wildman–Crippen LogP) is 3.31. The van der Waals surface area contributed by atoms with Gasteiger partial charge in [0.2, 0.25) is 0 Å². The maximum absolute atomic E-state index is 10.6. The third kappa shape index (κ3) is 2.68. The molecule has 1 aliphatic heterocycles. The molecule has 0 aliphatic carbocycles. The first-order chi connectivity index (χ1) is 12.7. The zero-order chi connectivity index (χ0) is 17.7. The second-order valence-corrected chi connectivity index (χ2v) is 7.81. The van der Waals surface area contributed by atoms with Crippen LogP contribution in [0.5, 0.6) is 0 Å². The molecule has 1 aliphatic rings. The number of aliphatic hydroxyl groups is 1. The Labute approximate surface area is 154 Å². The van der Waals surface area contributed by atoms with Crippen LogP contribution in [-0.2, 0) is 11.8 Å². The van der Waals surface area contributed by atoms with E-state index in [0.717, 1.165) is 50.4 Å². The number of rotatable bonds is 3. The number of pyridine rings is 2. The van der Waals surface area contributed by atoms with E-state index in [2.05, 4.69) is 22.2 Å². The predicted molar refractivity (Wildman–Crippen MR) is 101 cm³/mol. The Morgan fingerprint density at radius 2 is 2.23 bits per heavy atom. The number of aromatic nitrogens is 4. The number of nitrogens with zero attached hydrogens (tertiary/aromatic N) is 4. The van der Waals surface area contributed by atoms with Gasteiger partial charge in [0.25, 0.3) is 0 Å². The van der Waals surface area contributed by atoms with Crippen molar-refractivity contribution in [2.24, 2.45) is 13.0 Å². The smallest absolute Gasteiger partial charge is 0.181 e. The summed E-state index contributed by atoms with van der Waals surface area (Å²) in [5.41, 5.74) is 2.58.